The molecule has 0 amide bonds. The topological polar surface area (TPSA) is 17.1 Å². The minimum Gasteiger partial charge on any atom is -0.291 e. The molecule has 17 heavy (non-hydrogen) atoms. The molecule has 1 nitrogen and oxygen atoms in total. The first-order chi connectivity index (χ1) is 8.35. The normalized spacial score (nSPS) is 18.8. The predicted molar refractivity (Wildman–Crippen MR) is 73.9 cm³/mol. The van der Waals surface area contributed by atoms with Crippen LogP contribution in [0.4, 0.5) is 0 Å². The molecule has 0 saturated heterocycles. The highest BCUT2D eigenvalue weighted by Gasteiger charge is 2.32. The van der Waals surface area contributed by atoms with Gasteiger partial charge in [-0.3, -0.25) is 4.79 Å². The third-order valence-corrected chi connectivity index (χ3v) is 5.19. The maximum absolute atomic E-state index is 10.8. The summed E-state index contributed by atoms with van der Waals surface area (Å²) in [6, 6.07) is 10.5. The van der Waals surface area contributed by atoms with Gasteiger partial charge in [-0.2, -0.15) is 0 Å². The Morgan fingerprint density at radius 3 is 2.47 bits per heavy atom. The highest BCUT2D eigenvalue weighted by molar-refractivity contribution is 7.99. The molecule has 0 aromatic heterocycles. The van der Waals surface area contributed by atoms with Crippen LogP contribution in [0.5, 0.6) is 0 Å². The van der Waals surface area contributed by atoms with Crippen molar-refractivity contribution in [3.05, 3.63) is 35.9 Å². The molecule has 0 atom stereocenters. The van der Waals surface area contributed by atoms with Gasteiger partial charge < -0.3 is 0 Å². The molecule has 0 unspecified atom stereocenters. The summed E-state index contributed by atoms with van der Waals surface area (Å²) in [4.78, 5) is 10.8. The van der Waals surface area contributed by atoms with E-state index >= 15 is 0 Å². The van der Waals surface area contributed by atoms with Crippen LogP contribution < -0.4 is 0 Å². The van der Waals surface area contributed by atoms with Crippen molar-refractivity contribution < 1.29 is 4.79 Å². The van der Waals surface area contributed by atoms with Gasteiger partial charge >= 0.3 is 0 Å². The summed E-state index contributed by atoms with van der Waals surface area (Å²) in [6.45, 7) is 0. The summed E-state index contributed by atoms with van der Waals surface area (Å²) in [6.07, 6.45) is 8.97. The minimum atomic E-state index is 0.176. The Hall–Kier alpha value is -0.760. The first kappa shape index (κ1) is 12.7. The second kappa shape index (κ2) is 6.25. The Balaban J connectivity index is 1.95. The van der Waals surface area contributed by atoms with Crippen molar-refractivity contribution >= 4 is 18.0 Å². The van der Waals surface area contributed by atoms with Crippen molar-refractivity contribution in [2.75, 3.05) is 0 Å². The van der Waals surface area contributed by atoms with Crippen molar-refractivity contribution in [3.8, 4) is 0 Å². The number of carbonyl (C=O) groups excluding carboxylic acids is 1. The molecule has 91 valence electrons. The number of hydrogen-bond acceptors (Lipinski definition) is 2. The standard InChI is InChI=1S/C15H19OS/c16-12-11-15(9-5-2-6-10-15)17-13-14-7-3-1-4-8-14/h1,3-4,7-8H,2,5-6,9-11,13H2. The molecule has 1 aliphatic rings. The predicted octanol–water partition coefficient (Wildman–Crippen LogP) is 4.12. The fourth-order valence-corrected chi connectivity index (χ4v) is 3.91. The van der Waals surface area contributed by atoms with E-state index in [1.807, 2.05) is 17.8 Å². The Kier molecular flexibility index (Phi) is 4.66. The zero-order valence-electron chi connectivity index (χ0n) is 10.2. The zero-order valence-corrected chi connectivity index (χ0v) is 11.0. The fraction of sp³-hybridized carbons (Fsp3) is 0.533. The van der Waals surface area contributed by atoms with Crippen molar-refractivity contribution in [2.24, 2.45) is 0 Å². The number of thioether (sulfide) groups is 1. The van der Waals surface area contributed by atoms with Crippen LogP contribution in [0.2, 0.25) is 0 Å². The molecule has 2 rings (SSSR count). The van der Waals surface area contributed by atoms with Crippen molar-refractivity contribution in [1.29, 1.82) is 0 Å². The molecule has 0 heterocycles. The summed E-state index contributed by atoms with van der Waals surface area (Å²) in [5.74, 6) is 1.02. The van der Waals surface area contributed by atoms with Crippen LogP contribution in [-0.2, 0) is 10.5 Å². The fourth-order valence-electron chi connectivity index (χ4n) is 2.51. The number of rotatable bonds is 5. The Morgan fingerprint density at radius 1 is 1.12 bits per heavy atom. The highest BCUT2D eigenvalue weighted by atomic mass is 32.2. The third kappa shape index (κ3) is 3.60. The smallest absolute Gasteiger partial charge is 0.199 e. The summed E-state index contributed by atoms with van der Waals surface area (Å²) < 4.78 is 0.176. The first-order valence-corrected chi connectivity index (χ1v) is 7.36. The van der Waals surface area contributed by atoms with Gasteiger partial charge in [0.05, 0.1) is 0 Å². The van der Waals surface area contributed by atoms with E-state index in [0.29, 0.717) is 6.42 Å². The molecule has 1 fully saturated rings. The summed E-state index contributed by atoms with van der Waals surface area (Å²) >= 11 is 1.96. The molecule has 1 radical (unpaired) electrons. The monoisotopic (exact) mass is 247 g/mol. The third-order valence-electron chi connectivity index (χ3n) is 3.55. The van der Waals surface area contributed by atoms with E-state index in [9.17, 15) is 4.79 Å². The molecule has 1 saturated carbocycles. The van der Waals surface area contributed by atoms with Gasteiger partial charge in [0.15, 0.2) is 6.29 Å². The van der Waals surface area contributed by atoms with Gasteiger partial charge in [-0.05, 0) is 18.4 Å². The molecule has 0 aliphatic heterocycles. The van der Waals surface area contributed by atoms with E-state index in [2.05, 4.69) is 30.6 Å². The van der Waals surface area contributed by atoms with E-state index in [0.717, 1.165) is 5.75 Å². The van der Waals surface area contributed by atoms with Gasteiger partial charge in [-0.1, -0.05) is 49.6 Å². The van der Waals surface area contributed by atoms with Crippen LogP contribution in [-0.4, -0.2) is 11.0 Å². The Labute approximate surface area is 108 Å². The van der Waals surface area contributed by atoms with Crippen LogP contribution >= 0.6 is 11.8 Å². The van der Waals surface area contributed by atoms with E-state index in [-0.39, 0.29) is 4.75 Å². The maximum Gasteiger partial charge on any atom is 0.199 e. The molecular weight excluding hydrogens is 228 g/mol. The van der Waals surface area contributed by atoms with Crippen molar-refractivity contribution in [1.82, 2.24) is 0 Å². The first-order valence-electron chi connectivity index (χ1n) is 6.38. The quantitative estimate of drug-likeness (QED) is 0.778. The lowest BCUT2D eigenvalue weighted by Gasteiger charge is -2.35. The van der Waals surface area contributed by atoms with Crippen LogP contribution in [0.15, 0.2) is 30.3 Å². The van der Waals surface area contributed by atoms with Crippen LogP contribution in [0.25, 0.3) is 0 Å². The van der Waals surface area contributed by atoms with Gasteiger partial charge in [0.2, 0.25) is 0 Å². The van der Waals surface area contributed by atoms with E-state index in [1.54, 1.807) is 0 Å². The second-order valence-electron chi connectivity index (χ2n) is 4.84. The van der Waals surface area contributed by atoms with Crippen molar-refractivity contribution in [2.45, 2.75) is 49.0 Å². The average Bonchev–Trinajstić information content (AvgIpc) is 2.39. The second-order valence-corrected chi connectivity index (χ2v) is 6.28. The molecule has 0 bridgehead atoms. The lowest BCUT2D eigenvalue weighted by Crippen LogP contribution is -2.28. The van der Waals surface area contributed by atoms with Crippen molar-refractivity contribution in [3.63, 3.8) is 0 Å². The number of benzene rings is 1. The molecule has 2 heteroatoms. The minimum absolute atomic E-state index is 0.176. The molecular formula is C15H19OS. The molecule has 1 aromatic carbocycles. The van der Waals surface area contributed by atoms with E-state index in [4.69, 9.17) is 0 Å². The zero-order chi connectivity index (χ0) is 12.0. The van der Waals surface area contributed by atoms with Crippen LogP contribution in [0.1, 0.15) is 44.1 Å². The van der Waals surface area contributed by atoms with Gasteiger partial charge in [-0.25, -0.2) is 0 Å². The number of hydrogen-bond donors (Lipinski definition) is 0. The highest BCUT2D eigenvalue weighted by Crippen LogP contribution is 2.43. The summed E-state index contributed by atoms with van der Waals surface area (Å²) in [5, 5.41) is 0. The Bertz CT molecular complexity index is 341. The molecule has 0 spiro atoms. The lowest BCUT2D eigenvalue weighted by molar-refractivity contribution is 0.399. The SMILES string of the molecule is O=[C]CC1(SCc2ccccc2)CCCCC1. The van der Waals surface area contributed by atoms with Gasteiger partial charge in [0.25, 0.3) is 0 Å². The van der Waals surface area contributed by atoms with Gasteiger partial charge in [0.1, 0.15) is 0 Å². The molecule has 1 aliphatic carbocycles. The maximum atomic E-state index is 10.8. The lowest BCUT2D eigenvalue weighted by atomic mass is 9.86. The Morgan fingerprint density at radius 2 is 1.82 bits per heavy atom. The molecule has 0 N–H and O–H groups in total. The summed E-state index contributed by atoms with van der Waals surface area (Å²) in [5.41, 5.74) is 1.35. The van der Waals surface area contributed by atoms with Gasteiger partial charge in [-0.15, -0.1) is 11.8 Å². The van der Waals surface area contributed by atoms with E-state index < -0.39 is 0 Å². The van der Waals surface area contributed by atoms with Crippen LogP contribution in [0, 0.1) is 0 Å². The average molecular weight is 247 g/mol. The largest absolute Gasteiger partial charge is 0.291 e. The molecule has 1 aromatic rings. The summed E-state index contributed by atoms with van der Waals surface area (Å²) in [7, 11) is 0. The van der Waals surface area contributed by atoms with E-state index in [1.165, 1.54) is 37.7 Å². The van der Waals surface area contributed by atoms with Crippen LogP contribution in [0.3, 0.4) is 0 Å². The van der Waals surface area contributed by atoms with Gasteiger partial charge in [0, 0.05) is 16.9 Å².